The van der Waals surface area contributed by atoms with Crippen molar-refractivity contribution in [3.8, 4) is 17.1 Å². The number of carbonyl (C=O) groups is 1. The molecule has 162 valence electrons. The van der Waals surface area contributed by atoms with E-state index in [1.54, 1.807) is 7.11 Å². The molecule has 2 aromatic carbocycles. The lowest BCUT2D eigenvalue weighted by Crippen LogP contribution is -2.38. The van der Waals surface area contributed by atoms with E-state index >= 15 is 0 Å². The van der Waals surface area contributed by atoms with Gasteiger partial charge in [-0.2, -0.15) is 4.98 Å². The summed E-state index contributed by atoms with van der Waals surface area (Å²) in [5, 5.41) is 4.12. The molecule has 1 aliphatic rings. The molecule has 0 bridgehead atoms. The molecular formula is C24H28N4O3. The van der Waals surface area contributed by atoms with Gasteiger partial charge in [0, 0.05) is 50.4 Å². The van der Waals surface area contributed by atoms with Crippen LogP contribution in [0.1, 0.15) is 29.1 Å². The molecule has 2 heterocycles. The molecule has 0 N–H and O–H groups in total. The second kappa shape index (κ2) is 9.20. The van der Waals surface area contributed by atoms with Crippen LogP contribution in [-0.2, 0) is 6.42 Å². The number of amides is 1. The number of ether oxygens (including phenoxy) is 1. The molecule has 1 fully saturated rings. The van der Waals surface area contributed by atoms with Crippen molar-refractivity contribution in [1.29, 1.82) is 0 Å². The van der Waals surface area contributed by atoms with Gasteiger partial charge in [0.05, 0.1) is 7.11 Å². The van der Waals surface area contributed by atoms with Crippen LogP contribution < -0.4 is 9.64 Å². The van der Waals surface area contributed by atoms with Crippen molar-refractivity contribution in [2.24, 2.45) is 5.92 Å². The van der Waals surface area contributed by atoms with Crippen LogP contribution in [0, 0.1) is 5.92 Å². The number of rotatable bonds is 6. The maximum absolute atomic E-state index is 12.8. The fraction of sp³-hybridized carbons (Fsp3) is 0.375. The lowest BCUT2D eigenvalue weighted by atomic mass is 9.93. The summed E-state index contributed by atoms with van der Waals surface area (Å²) in [6, 6.07) is 15.4. The Morgan fingerprint density at radius 2 is 1.90 bits per heavy atom. The van der Waals surface area contributed by atoms with Crippen LogP contribution in [0.15, 0.2) is 53.1 Å². The molecule has 1 aliphatic heterocycles. The van der Waals surface area contributed by atoms with Crippen molar-refractivity contribution in [3.63, 3.8) is 0 Å². The molecule has 0 atom stereocenters. The van der Waals surface area contributed by atoms with E-state index < -0.39 is 0 Å². The van der Waals surface area contributed by atoms with Crippen LogP contribution in [-0.4, -0.2) is 55.2 Å². The van der Waals surface area contributed by atoms with E-state index in [2.05, 4.69) is 10.1 Å². The van der Waals surface area contributed by atoms with Crippen molar-refractivity contribution in [2.75, 3.05) is 39.2 Å². The average Bonchev–Trinajstić information content (AvgIpc) is 3.28. The number of hydrogen-bond donors (Lipinski definition) is 0. The molecule has 0 aliphatic carbocycles. The number of anilines is 1. The number of nitrogens with zero attached hydrogens (tertiary/aromatic N) is 4. The van der Waals surface area contributed by atoms with Gasteiger partial charge in [-0.1, -0.05) is 17.3 Å². The molecule has 1 amide bonds. The third kappa shape index (κ3) is 4.87. The Bertz CT molecular complexity index is 1020. The fourth-order valence-electron chi connectivity index (χ4n) is 3.89. The zero-order valence-corrected chi connectivity index (χ0v) is 18.2. The van der Waals surface area contributed by atoms with Gasteiger partial charge in [0.15, 0.2) is 0 Å². The van der Waals surface area contributed by atoms with E-state index in [0.717, 1.165) is 54.9 Å². The van der Waals surface area contributed by atoms with Crippen molar-refractivity contribution in [3.05, 3.63) is 60.0 Å². The third-order valence-corrected chi connectivity index (χ3v) is 5.79. The first-order chi connectivity index (χ1) is 15.0. The summed E-state index contributed by atoms with van der Waals surface area (Å²) in [5.74, 6) is 2.50. The first-order valence-electron chi connectivity index (χ1n) is 10.6. The Balaban J connectivity index is 1.32. The van der Waals surface area contributed by atoms with Gasteiger partial charge in [0.25, 0.3) is 5.91 Å². The summed E-state index contributed by atoms with van der Waals surface area (Å²) >= 11 is 0. The number of carbonyl (C=O) groups excluding carboxylic acids is 1. The SMILES string of the molecule is COc1cccc(-c2noc(CC3CCN(C(=O)c4ccc(N(C)C)cc4)CC3)n2)c1. The Kier molecular flexibility index (Phi) is 6.21. The molecule has 7 heteroatoms. The first-order valence-corrected chi connectivity index (χ1v) is 10.6. The Labute approximate surface area is 182 Å². The van der Waals surface area contributed by atoms with Crippen LogP contribution in [0.3, 0.4) is 0 Å². The van der Waals surface area contributed by atoms with E-state index in [1.165, 1.54) is 0 Å². The van der Waals surface area contributed by atoms with Gasteiger partial charge in [0.2, 0.25) is 11.7 Å². The molecule has 3 aromatic rings. The van der Waals surface area contributed by atoms with E-state index in [-0.39, 0.29) is 5.91 Å². The van der Waals surface area contributed by atoms with Gasteiger partial charge in [-0.15, -0.1) is 0 Å². The highest BCUT2D eigenvalue weighted by Crippen LogP contribution is 2.25. The molecule has 1 aromatic heterocycles. The average molecular weight is 421 g/mol. The minimum Gasteiger partial charge on any atom is -0.497 e. The van der Waals surface area contributed by atoms with E-state index in [0.29, 0.717) is 17.6 Å². The highest BCUT2D eigenvalue weighted by Gasteiger charge is 2.25. The quantitative estimate of drug-likeness (QED) is 0.602. The van der Waals surface area contributed by atoms with Gasteiger partial charge < -0.3 is 19.1 Å². The summed E-state index contributed by atoms with van der Waals surface area (Å²) in [6.45, 7) is 1.49. The monoisotopic (exact) mass is 420 g/mol. The zero-order valence-electron chi connectivity index (χ0n) is 18.2. The van der Waals surface area contributed by atoms with Gasteiger partial charge in [-0.3, -0.25) is 4.79 Å². The number of hydrogen-bond acceptors (Lipinski definition) is 6. The number of piperidine rings is 1. The Hall–Kier alpha value is -3.35. The van der Waals surface area contributed by atoms with E-state index in [1.807, 2.05) is 72.4 Å². The maximum atomic E-state index is 12.8. The lowest BCUT2D eigenvalue weighted by molar-refractivity contribution is 0.0687. The fourth-order valence-corrected chi connectivity index (χ4v) is 3.89. The van der Waals surface area contributed by atoms with Crippen molar-refractivity contribution in [1.82, 2.24) is 15.0 Å². The second-order valence-electron chi connectivity index (χ2n) is 8.12. The van der Waals surface area contributed by atoms with Crippen molar-refractivity contribution >= 4 is 11.6 Å². The number of aromatic nitrogens is 2. The largest absolute Gasteiger partial charge is 0.497 e. The molecule has 0 saturated carbocycles. The predicted molar refractivity (Wildman–Crippen MR) is 119 cm³/mol. The standard InChI is InChI=1S/C24H28N4O3/c1-27(2)20-9-7-18(8-10-20)24(29)28-13-11-17(12-14-28)15-22-25-23(26-31-22)19-5-4-6-21(16-19)30-3/h4-10,16-17H,11-15H2,1-3H3. The van der Waals surface area contributed by atoms with Crippen LogP contribution >= 0.6 is 0 Å². The van der Waals surface area contributed by atoms with Gasteiger partial charge in [0.1, 0.15) is 5.75 Å². The predicted octanol–water partition coefficient (Wildman–Crippen LogP) is 3.91. The summed E-state index contributed by atoms with van der Waals surface area (Å²) in [4.78, 5) is 21.3. The minimum atomic E-state index is 0.0989. The topological polar surface area (TPSA) is 71.7 Å². The highest BCUT2D eigenvalue weighted by molar-refractivity contribution is 5.94. The molecular weight excluding hydrogens is 392 g/mol. The van der Waals surface area contributed by atoms with Gasteiger partial charge in [-0.25, -0.2) is 0 Å². The number of methoxy groups -OCH3 is 1. The number of likely N-dealkylation sites (tertiary alicyclic amines) is 1. The minimum absolute atomic E-state index is 0.0989. The van der Waals surface area contributed by atoms with Crippen LogP contribution in [0.4, 0.5) is 5.69 Å². The van der Waals surface area contributed by atoms with Crippen LogP contribution in [0.25, 0.3) is 11.4 Å². The molecule has 7 nitrogen and oxygen atoms in total. The molecule has 0 unspecified atom stereocenters. The lowest BCUT2D eigenvalue weighted by Gasteiger charge is -2.31. The second-order valence-corrected chi connectivity index (χ2v) is 8.12. The van der Waals surface area contributed by atoms with Gasteiger partial charge in [-0.05, 0) is 55.2 Å². The molecule has 31 heavy (non-hydrogen) atoms. The Morgan fingerprint density at radius 3 is 2.58 bits per heavy atom. The summed E-state index contributed by atoms with van der Waals surface area (Å²) in [7, 11) is 5.62. The molecule has 4 rings (SSSR count). The maximum Gasteiger partial charge on any atom is 0.253 e. The van der Waals surface area contributed by atoms with Crippen molar-refractivity contribution < 1.29 is 14.1 Å². The summed E-state index contributed by atoms with van der Waals surface area (Å²) in [6.07, 6.45) is 2.59. The smallest absolute Gasteiger partial charge is 0.253 e. The van der Waals surface area contributed by atoms with Gasteiger partial charge >= 0.3 is 0 Å². The van der Waals surface area contributed by atoms with E-state index in [9.17, 15) is 4.79 Å². The summed E-state index contributed by atoms with van der Waals surface area (Å²) in [5.41, 5.74) is 2.70. The van der Waals surface area contributed by atoms with Crippen LogP contribution in [0.2, 0.25) is 0 Å². The molecule has 0 spiro atoms. The summed E-state index contributed by atoms with van der Waals surface area (Å²) < 4.78 is 10.7. The normalized spacial score (nSPS) is 14.5. The highest BCUT2D eigenvalue weighted by atomic mass is 16.5. The number of benzene rings is 2. The van der Waals surface area contributed by atoms with E-state index in [4.69, 9.17) is 9.26 Å². The first kappa shape index (κ1) is 20.9. The molecule has 0 radical (unpaired) electrons. The molecule has 1 saturated heterocycles. The van der Waals surface area contributed by atoms with Crippen LogP contribution in [0.5, 0.6) is 5.75 Å². The Morgan fingerprint density at radius 1 is 1.16 bits per heavy atom. The zero-order chi connectivity index (χ0) is 21.8. The van der Waals surface area contributed by atoms with Crippen molar-refractivity contribution in [2.45, 2.75) is 19.3 Å². The third-order valence-electron chi connectivity index (χ3n) is 5.79.